The zero-order valence-electron chi connectivity index (χ0n) is 22.0. The van der Waals surface area contributed by atoms with E-state index < -0.39 is 6.10 Å². The Balaban J connectivity index is 1.58. The summed E-state index contributed by atoms with van der Waals surface area (Å²) in [7, 11) is 3.04. The van der Waals surface area contributed by atoms with Crippen LogP contribution in [-0.2, 0) is 14.3 Å². The van der Waals surface area contributed by atoms with E-state index in [1.807, 2.05) is 80.7 Å². The number of carbonyl (C=O) groups is 2. The minimum atomic E-state index is -0.877. The number of methoxy groups -OCH3 is 2. The summed E-state index contributed by atoms with van der Waals surface area (Å²) in [6.07, 6.45) is 1.01. The first-order valence-electron chi connectivity index (χ1n) is 12.4. The van der Waals surface area contributed by atoms with Crippen molar-refractivity contribution >= 4 is 17.6 Å². The Kier molecular flexibility index (Phi) is 8.55. The third-order valence-corrected chi connectivity index (χ3v) is 6.15. The predicted octanol–water partition coefficient (Wildman–Crippen LogP) is 5.11. The molecule has 38 heavy (non-hydrogen) atoms. The van der Waals surface area contributed by atoms with Gasteiger partial charge in [0.1, 0.15) is 12.3 Å². The molecule has 8 nitrogen and oxygen atoms in total. The third kappa shape index (κ3) is 6.10. The number of rotatable bonds is 10. The van der Waals surface area contributed by atoms with Crippen LogP contribution in [0, 0.1) is 0 Å². The molecule has 0 aliphatic rings. The van der Waals surface area contributed by atoms with Crippen LogP contribution in [0.3, 0.4) is 0 Å². The van der Waals surface area contributed by atoms with Crippen molar-refractivity contribution in [1.82, 2.24) is 14.7 Å². The summed E-state index contributed by atoms with van der Waals surface area (Å²) >= 11 is 0. The molecule has 1 atom stereocenters. The average molecular weight is 513 g/mol. The lowest BCUT2D eigenvalue weighted by Gasteiger charge is -2.29. The first-order chi connectivity index (χ1) is 18.4. The molecule has 1 aromatic heterocycles. The number of carbonyl (C=O) groups excluding carboxylic acids is 2. The smallest absolute Gasteiger partial charge is 0.257 e. The summed E-state index contributed by atoms with van der Waals surface area (Å²) in [5, 5.41) is 7.58. The van der Waals surface area contributed by atoms with Gasteiger partial charge in [-0.15, -0.1) is 5.10 Å². The Morgan fingerprint density at radius 2 is 1.63 bits per heavy atom. The van der Waals surface area contributed by atoms with Gasteiger partial charge in [0.25, 0.3) is 5.91 Å². The highest BCUT2D eigenvalue weighted by atomic mass is 16.5. The van der Waals surface area contributed by atoms with E-state index in [0.29, 0.717) is 17.1 Å². The minimum Gasteiger partial charge on any atom is -0.497 e. The number of benzene rings is 3. The van der Waals surface area contributed by atoms with Crippen molar-refractivity contribution in [3.8, 4) is 22.6 Å². The zero-order chi connectivity index (χ0) is 27.1. The largest absolute Gasteiger partial charge is 0.497 e. The van der Waals surface area contributed by atoms with Crippen LogP contribution in [0.2, 0.25) is 0 Å². The second-order valence-corrected chi connectivity index (χ2v) is 9.04. The molecule has 0 unspecified atom stereocenters. The molecule has 196 valence electrons. The topological polar surface area (TPSA) is 85.7 Å². The van der Waals surface area contributed by atoms with Crippen molar-refractivity contribution in [2.45, 2.75) is 26.0 Å². The molecule has 1 N–H and O–H groups in total. The standard InChI is InChI=1S/C30H32N4O4/c1-21(2)33(30(36)28(38-4)23-14-11-17-25(18-23)37-3)20-27(35)31-29-26(22-12-7-5-8-13-22)19-34(32-29)24-15-9-6-10-16-24/h5-19,21,28H,20H2,1-4H3,(H,31,32,35)/t28-/m0/s1. The van der Waals surface area contributed by atoms with Gasteiger partial charge in [0.15, 0.2) is 11.9 Å². The van der Waals surface area contributed by atoms with Gasteiger partial charge in [0.05, 0.1) is 12.8 Å². The van der Waals surface area contributed by atoms with Crippen LogP contribution in [0.1, 0.15) is 25.5 Å². The maximum Gasteiger partial charge on any atom is 0.257 e. The molecule has 0 saturated carbocycles. The number of ether oxygens (including phenoxy) is 2. The van der Waals surface area contributed by atoms with E-state index in [4.69, 9.17) is 9.47 Å². The van der Waals surface area contributed by atoms with E-state index in [2.05, 4.69) is 10.4 Å². The van der Waals surface area contributed by atoms with E-state index in [9.17, 15) is 9.59 Å². The SMILES string of the molecule is COc1cccc([C@H](OC)C(=O)N(CC(=O)Nc2nn(-c3ccccc3)cc2-c2ccccc2)C(C)C)c1. The number of hydrogen-bond donors (Lipinski definition) is 1. The van der Waals surface area contributed by atoms with Gasteiger partial charge in [-0.25, -0.2) is 4.68 Å². The van der Waals surface area contributed by atoms with E-state index in [1.54, 1.807) is 36.1 Å². The summed E-state index contributed by atoms with van der Waals surface area (Å²) in [6, 6.07) is 26.3. The Bertz CT molecular complexity index is 1370. The number of aromatic nitrogens is 2. The minimum absolute atomic E-state index is 0.160. The maximum absolute atomic E-state index is 13.5. The highest BCUT2D eigenvalue weighted by Crippen LogP contribution is 2.29. The third-order valence-electron chi connectivity index (χ3n) is 6.15. The van der Waals surface area contributed by atoms with Crippen molar-refractivity contribution in [3.63, 3.8) is 0 Å². The van der Waals surface area contributed by atoms with Crippen molar-refractivity contribution in [3.05, 3.63) is 96.7 Å². The first kappa shape index (κ1) is 26.6. The molecule has 0 fully saturated rings. The van der Waals surface area contributed by atoms with Crippen molar-refractivity contribution in [2.75, 3.05) is 26.1 Å². The second-order valence-electron chi connectivity index (χ2n) is 9.04. The highest BCUT2D eigenvalue weighted by Gasteiger charge is 2.30. The molecule has 2 amide bonds. The van der Waals surface area contributed by atoms with Crippen molar-refractivity contribution in [2.24, 2.45) is 0 Å². The van der Waals surface area contributed by atoms with Gasteiger partial charge in [-0.1, -0.05) is 60.7 Å². The molecule has 0 spiro atoms. The Morgan fingerprint density at radius 3 is 2.26 bits per heavy atom. The summed E-state index contributed by atoms with van der Waals surface area (Å²) in [4.78, 5) is 28.3. The second kappa shape index (κ2) is 12.2. The van der Waals surface area contributed by atoms with Crippen LogP contribution in [0.4, 0.5) is 5.82 Å². The monoisotopic (exact) mass is 512 g/mol. The van der Waals surface area contributed by atoms with Crippen LogP contribution in [0.15, 0.2) is 91.1 Å². The Labute approximate surface area is 222 Å². The maximum atomic E-state index is 13.5. The van der Waals surface area contributed by atoms with Crippen molar-refractivity contribution < 1.29 is 19.1 Å². The number of nitrogens with zero attached hydrogens (tertiary/aromatic N) is 3. The lowest BCUT2D eigenvalue weighted by molar-refractivity contribution is -0.146. The van der Waals surface area contributed by atoms with Gasteiger partial charge in [0, 0.05) is 24.9 Å². The molecule has 4 rings (SSSR count). The Hall–Kier alpha value is -4.43. The summed E-state index contributed by atoms with van der Waals surface area (Å²) in [6.45, 7) is 3.57. The van der Waals surface area contributed by atoms with E-state index >= 15 is 0 Å². The van der Waals surface area contributed by atoms with Gasteiger partial charge >= 0.3 is 0 Å². The van der Waals surface area contributed by atoms with Gasteiger partial charge < -0.3 is 19.7 Å². The van der Waals surface area contributed by atoms with Crippen molar-refractivity contribution in [1.29, 1.82) is 0 Å². The fourth-order valence-corrected chi connectivity index (χ4v) is 4.18. The Morgan fingerprint density at radius 1 is 0.947 bits per heavy atom. The number of nitrogens with one attached hydrogen (secondary N) is 1. The lowest BCUT2D eigenvalue weighted by Crippen LogP contribution is -2.45. The molecular weight excluding hydrogens is 480 g/mol. The van der Waals surface area contributed by atoms with Gasteiger partial charge in [-0.3, -0.25) is 9.59 Å². The van der Waals surface area contributed by atoms with Crippen LogP contribution in [0.25, 0.3) is 16.8 Å². The molecule has 0 bridgehead atoms. The van der Waals surface area contributed by atoms with Crippen LogP contribution >= 0.6 is 0 Å². The lowest BCUT2D eigenvalue weighted by atomic mass is 10.1. The average Bonchev–Trinajstić information content (AvgIpc) is 3.36. The molecule has 0 radical (unpaired) electrons. The first-order valence-corrected chi connectivity index (χ1v) is 12.4. The number of anilines is 1. The predicted molar refractivity (Wildman–Crippen MR) is 147 cm³/mol. The number of para-hydroxylation sites is 1. The van der Waals surface area contributed by atoms with Crippen LogP contribution in [-0.4, -0.2) is 53.3 Å². The van der Waals surface area contributed by atoms with Crippen LogP contribution in [0.5, 0.6) is 5.75 Å². The molecule has 0 aliphatic heterocycles. The molecule has 0 aliphatic carbocycles. The molecule has 0 saturated heterocycles. The summed E-state index contributed by atoms with van der Waals surface area (Å²) in [5.74, 6) is 0.359. The number of hydrogen-bond acceptors (Lipinski definition) is 5. The number of amides is 2. The fraction of sp³-hybridized carbons (Fsp3) is 0.233. The fourth-order valence-electron chi connectivity index (χ4n) is 4.18. The molecule has 8 heteroatoms. The zero-order valence-corrected chi connectivity index (χ0v) is 22.0. The quantitative estimate of drug-likeness (QED) is 0.319. The van der Waals surface area contributed by atoms with E-state index in [1.165, 1.54) is 12.0 Å². The van der Waals surface area contributed by atoms with Crippen LogP contribution < -0.4 is 10.1 Å². The normalized spacial score (nSPS) is 11.7. The van der Waals surface area contributed by atoms with Gasteiger partial charge in [-0.05, 0) is 49.2 Å². The molecule has 3 aromatic carbocycles. The van der Waals surface area contributed by atoms with Gasteiger partial charge in [-0.2, -0.15) is 0 Å². The van der Waals surface area contributed by atoms with Gasteiger partial charge in [0.2, 0.25) is 5.91 Å². The molecule has 1 heterocycles. The summed E-state index contributed by atoms with van der Waals surface area (Å²) < 4.78 is 12.6. The highest BCUT2D eigenvalue weighted by molar-refractivity contribution is 5.97. The van der Waals surface area contributed by atoms with E-state index in [-0.39, 0.29) is 24.4 Å². The summed E-state index contributed by atoms with van der Waals surface area (Å²) in [5.41, 5.74) is 3.21. The van der Waals surface area contributed by atoms with E-state index in [0.717, 1.165) is 16.8 Å². The molecule has 4 aromatic rings. The molecular formula is C30H32N4O4.